The van der Waals surface area contributed by atoms with Crippen molar-refractivity contribution < 1.29 is 9.53 Å². The van der Waals surface area contributed by atoms with Crippen LogP contribution in [0.25, 0.3) is 0 Å². The fourth-order valence-electron chi connectivity index (χ4n) is 2.22. The molecule has 0 bridgehead atoms. The standard InChI is InChI=1S/C10H16O2/c1-3-8-6-10(4-5-10)7(2)12-9(8)11/h7-8H,3-6H2,1-2H3/t7-,8?/m0/s1. The van der Waals surface area contributed by atoms with Crippen LogP contribution >= 0.6 is 0 Å². The summed E-state index contributed by atoms with van der Waals surface area (Å²) in [5.74, 6) is 0.214. The van der Waals surface area contributed by atoms with Crippen LogP contribution in [0.15, 0.2) is 0 Å². The summed E-state index contributed by atoms with van der Waals surface area (Å²) < 4.78 is 5.33. The van der Waals surface area contributed by atoms with Gasteiger partial charge in [-0.05, 0) is 32.6 Å². The van der Waals surface area contributed by atoms with Crippen molar-refractivity contribution in [3.8, 4) is 0 Å². The molecule has 1 heterocycles. The lowest BCUT2D eigenvalue weighted by atomic mass is 9.84. The summed E-state index contributed by atoms with van der Waals surface area (Å²) in [4.78, 5) is 11.3. The quantitative estimate of drug-likeness (QED) is 0.561. The Morgan fingerprint density at radius 3 is 2.75 bits per heavy atom. The van der Waals surface area contributed by atoms with Gasteiger partial charge in [0.25, 0.3) is 0 Å². The molecule has 1 spiro atoms. The largest absolute Gasteiger partial charge is 0.462 e. The number of esters is 1. The second kappa shape index (κ2) is 2.48. The molecule has 2 heteroatoms. The van der Waals surface area contributed by atoms with Crippen molar-refractivity contribution in [1.82, 2.24) is 0 Å². The van der Waals surface area contributed by atoms with Crippen LogP contribution in [0, 0.1) is 11.3 Å². The van der Waals surface area contributed by atoms with Gasteiger partial charge in [-0.3, -0.25) is 4.79 Å². The van der Waals surface area contributed by atoms with Gasteiger partial charge in [-0.15, -0.1) is 0 Å². The minimum Gasteiger partial charge on any atom is -0.462 e. The van der Waals surface area contributed by atoms with Crippen molar-refractivity contribution >= 4 is 5.97 Å². The fourth-order valence-corrected chi connectivity index (χ4v) is 2.22. The van der Waals surface area contributed by atoms with E-state index in [4.69, 9.17) is 4.74 Å². The summed E-state index contributed by atoms with van der Waals surface area (Å²) in [6.07, 6.45) is 4.71. The summed E-state index contributed by atoms with van der Waals surface area (Å²) in [5.41, 5.74) is 0.397. The minimum absolute atomic E-state index is 0.0301. The molecule has 2 nitrogen and oxygen atoms in total. The average Bonchev–Trinajstić information content (AvgIpc) is 2.79. The summed E-state index contributed by atoms with van der Waals surface area (Å²) in [6.45, 7) is 4.11. The van der Waals surface area contributed by atoms with Gasteiger partial charge in [0.15, 0.2) is 0 Å². The molecule has 1 aliphatic carbocycles. The van der Waals surface area contributed by atoms with Crippen molar-refractivity contribution in [2.45, 2.75) is 45.6 Å². The molecule has 0 aromatic heterocycles. The summed E-state index contributed by atoms with van der Waals surface area (Å²) >= 11 is 0. The number of cyclic esters (lactones) is 1. The second-order valence-electron chi connectivity index (χ2n) is 4.25. The van der Waals surface area contributed by atoms with Crippen LogP contribution < -0.4 is 0 Å². The highest BCUT2D eigenvalue weighted by Crippen LogP contribution is 2.57. The lowest BCUT2D eigenvalue weighted by molar-refractivity contribution is -0.166. The highest BCUT2D eigenvalue weighted by Gasteiger charge is 2.54. The van der Waals surface area contributed by atoms with Gasteiger partial charge in [-0.25, -0.2) is 0 Å². The van der Waals surface area contributed by atoms with Crippen molar-refractivity contribution in [1.29, 1.82) is 0 Å². The van der Waals surface area contributed by atoms with E-state index in [2.05, 4.69) is 6.92 Å². The molecule has 0 aromatic carbocycles. The first kappa shape index (κ1) is 8.09. The predicted molar refractivity (Wildman–Crippen MR) is 45.6 cm³/mol. The van der Waals surface area contributed by atoms with Crippen molar-refractivity contribution in [2.24, 2.45) is 11.3 Å². The molecule has 1 aliphatic heterocycles. The fraction of sp³-hybridized carbons (Fsp3) is 0.900. The predicted octanol–water partition coefficient (Wildman–Crippen LogP) is 2.13. The van der Waals surface area contributed by atoms with Crippen LogP contribution in [-0.2, 0) is 9.53 Å². The molecule has 12 heavy (non-hydrogen) atoms. The molecule has 68 valence electrons. The van der Waals surface area contributed by atoms with Gasteiger partial charge >= 0.3 is 5.97 Å². The monoisotopic (exact) mass is 168 g/mol. The zero-order valence-electron chi connectivity index (χ0n) is 7.80. The Morgan fingerprint density at radius 2 is 2.25 bits per heavy atom. The van der Waals surface area contributed by atoms with Crippen molar-refractivity contribution in [3.05, 3.63) is 0 Å². The third-order valence-corrected chi connectivity index (χ3v) is 3.53. The summed E-state index contributed by atoms with van der Waals surface area (Å²) in [5, 5.41) is 0. The van der Waals surface area contributed by atoms with Gasteiger partial charge in [0, 0.05) is 5.41 Å². The van der Waals surface area contributed by atoms with E-state index in [1.807, 2.05) is 6.92 Å². The number of carbonyl (C=O) groups is 1. The van der Waals surface area contributed by atoms with Gasteiger partial charge < -0.3 is 4.74 Å². The van der Waals surface area contributed by atoms with Crippen molar-refractivity contribution in [3.63, 3.8) is 0 Å². The molecular weight excluding hydrogens is 152 g/mol. The van der Waals surface area contributed by atoms with E-state index in [1.165, 1.54) is 12.8 Å². The Hall–Kier alpha value is -0.530. The van der Waals surface area contributed by atoms with Crippen LogP contribution in [-0.4, -0.2) is 12.1 Å². The molecule has 1 saturated carbocycles. The topological polar surface area (TPSA) is 26.3 Å². The highest BCUT2D eigenvalue weighted by atomic mass is 16.5. The molecule has 0 amide bonds. The van der Waals surface area contributed by atoms with E-state index in [0.717, 1.165) is 12.8 Å². The summed E-state index contributed by atoms with van der Waals surface area (Å²) in [7, 11) is 0. The number of hydrogen-bond donors (Lipinski definition) is 0. The second-order valence-corrected chi connectivity index (χ2v) is 4.25. The third-order valence-electron chi connectivity index (χ3n) is 3.53. The smallest absolute Gasteiger partial charge is 0.309 e. The van der Waals surface area contributed by atoms with Crippen LogP contribution in [0.5, 0.6) is 0 Å². The van der Waals surface area contributed by atoms with E-state index >= 15 is 0 Å². The Bertz CT molecular complexity index is 206. The Morgan fingerprint density at radius 1 is 1.58 bits per heavy atom. The highest BCUT2D eigenvalue weighted by molar-refractivity contribution is 5.73. The molecule has 2 rings (SSSR count). The van der Waals surface area contributed by atoms with Gasteiger partial charge in [0.1, 0.15) is 6.10 Å². The average molecular weight is 168 g/mol. The Kier molecular flexibility index (Phi) is 1.67. The van der Waals surface area contributed by atoms with Gasteiger partial charge in [-0.1, -0.05) is 6.92 Å². The molecule has 0 radical (unpaired) electrons. The number of hydrogen-bond acceptors (Lipinski definition) is 2. The zero-order chi connectivity index (χ0) is 8.77. The first-order chi connectivity index (χ1) is 5.68. The van der Waals surface area contributed by atoms with E-state index in [0.29, 0.717) is 5.41 Å². The zero-order valence-corrected chi connectivity index (χ0v) is 7.80. The van der Waals surface area contributed by atoms with Crippen LogP contribution in [0.1, 0.15) is 39.5 Å². The molecule has 0 aromatic rings. The molecule has 1 saturated heterocycles. The number of rotatable bonds is 1. The maximum absolute atomic E-state index is 11.3. The van der Waals surface area contributed by atoms with Gasteiger partial charge in [0.2, 0.25) is 0 Å². The van der Waals surface area contributed by atoms with Crippen molar-refractivity contribution in [2.75, 3.05) is 0 Å². The molecule has 0 N–H and O–H groups in total. The lowest BCUT2D eigenvalue weighted by Gasteiger charge is -2.33. The van der Waals surface area contributed by atoms with E-state index < -0.39 is 0 Å². The molecular formula is C10H16O2. The Balaban J connectivity index is 2.09. The Labute approximate surface area is 73.3 Å². The van der Waals surface area contributed by atoms with Crippen LogP contribution in [0.3, 0.4) is 0 Å². The van der Waals surface area contributed by atoms with E-state index in [9.17, 15) is 4.79 Å². The third kappa shape index (κ3) is 1.05. The van der Waals surface area contributed by atoms with Crippen LogP contribution in [0.2, 0.25) is 0 Å². The minimum atomic E-state index is 0.0301. The van der Waals surface area contributed by atoms with E-state index in [1.54, 1.807) is 0 Å². The molecule has 2 atom stereocenters. The number of ether oxygens (including phenoxy) is 1. The first-order valence-corrected chi connectivity index (χ1v) is 4.88. The normalized spacial score (nSPS) is 38.0. The van der Waals surface area contributed by atoms with Crippen LogP contribution in [0.4, 0.5) is 0 Å². The van der Waals surface area contributed by atoms with E-state index in [-0.39, 0.29) is 18.0 Å². The summed E-state index contributed by atoms with van der Waals surface area (Å²) in [6, 6.07) is 0. The lowest BCUT2D eigenvalue weighted by Crippen LogP contribution is -2.37. The molecule has 2 fully saturated rings. The SMILES string of the molecule is CCC1CC2(CC2)[C@H](C)OC1=O. The maximum atomic E-state index is 11.3. The molecule has 2 aliphatic rings. The van der Waals surface area contributed by atoms with Gasteiger partial charge in [0.05, 0.1) is 5.92 Å². The number of carbonyl (C=O) groups excluding carboxylic acids is 1. The maximum Gasteiger partial charge on any atom is 0.309 e. The van der Waals surface area contributed by atoms with Gasteiger partial charge in [-0.2, -0.15) is 0 Å². The molecule has 1 unspecified atom stereocenters. The first-order valence-electron chi connectivity index (χ1n) is 4.88.